The molecule has 1 aromatic carbocycles. The van der Waals surface area contributed by atoms with E-state index in [9.17, 15) is 0 Å². The van der Waals surface area contributed by atoms with Gasteiger partial charge in [0.25, 0.3) is 0 Å². The zero-order valence-corrected chi connectivity index (χ0v) is 13.1. The van der Waals surface area contributed by atoms with Gasteiger partial charge in [0.15, 0.2) is 0 Å². The number of nitrogens with zero attached hydrogens (tertiary/aromatic N) is 3. The van der Waals surface area contributed by atoms with E-state index in [0.717, 1.165) is 22.3 Å². The van der Waals surface area contributed by atoms with Crippen LogP contribution in [0.3, 0.4) is 0 Å². The third kappa shape index (κ3) is 3.38. The zero-order valence-electron chi connectivity index (χ0n) is 12.3. The molecule has 21 heavy (non-hydrogen) atoms. The quantitative estimate of drug-likeness (QED) is 0.915. The summed E-state index contributed by atoms with van der Waals surface area (Å²) < 4.78 is 1.77. The fourth-order valence-corrected chi connectivity index (χ4v) is 3.26. The van der Waals surface area contributed by atoms with Crippen molar-refractivity contribution in [3.05, 3.63) is 35.9 Å². The molecule has 112 valence electrons. The molecule has 0 bridgehead atoms. The zero-order chi connectivity index (χ0) is 14.7. The van der Waals surface area contributed by atoms with Crippen molar-refractivity contribution in [2.75, 3.05) is 5.32 Å². The van der Waals surface area contributed by atoms with E-state index in [-0.39, 0.29) is 0 Å². The van der Waals surface area contributed by atoms with Crippen LogP contribution >= 0.6 is 11.6 Å². The van der Waals surface area contributed by atoms with Crippen LogP contribution in [0.1, 0.15) is 39.0 Å². The Kier molecular flexibility index (Phi) is 4.44. The third-order valence-corrected chi connectivity index (χ3v) is 4.64. The SMILES string of the molecule is CCC1CCC(Nc2cc(Cl)ccc2-n2cncn2)CC1. The summed E-state index contributed by atoms with van der Waals surface area (Å²) >= 11 is 6.16. The van der Waals surface area contributed by atoms with Crippen LogP contribution in [0, 0.1) is 5.92 Å². The maximum Gasteiger partial charge on any atom is 0.138 e. The van der Waals surface area contributed by atoms with Crippen LogP contribution in [-0.4, -0.2) is 20.8 Å². The fraction of sp³-hybridized carbons (Fsp3) is 0.500. The number of benzene rings is 1. The van der Waals surface area contributed by atoms with Gasteiger partial charge in [-0.25, -0.2) is 9.67 Å². The number of hydrogen-bond acceptors (Lipinski definition) is 3. The highest BCUT2D eigenvalue weighted by molar-refractivity contribution is 6.31. The minimum absolute atomic E-state index is 0.522. The molecular formula is C16H21ClN4. The van der Waals surface area contributed by atoms with E-state index in [0.29, 0.717) is 6.04 Å². The molecular weight excluding hydrogens is 284 g/mol. The Labute approximate surface area is 130 Å². The van der Waals surface area contributed by atoms with Gasteiger partial charge in [-0.1, -0.05) is 24.9 Å². The second-order valence-corrected chi connectivity index (χ2v) is 6.21. The van der Waals surface area contributed by atoms with Gasteiger partial charge in [-0.2, -0.15) is 5.10 Å². The predicted molar refractivity (Wildman–Crippen MR) is 86.0 cm³/mol. The highest BCUT2D eigenvalue weighted by Crippen LogP contribution is 2.31. The lowest BCUT2D eigenvalue weighted by molar-refractivity contribution is 0.330. The molecule has 0 saturated heterocycles. The molecule has 4 nitrogen and oxygen atoms in total. The van der Waals surface area contributed by atoms with Gasteiger partial charge in [0.2, 0.25) is 0 Å². The molecule has 1 aromatic heterocycles. The summed E-state index contributed by atoms with van der Waals surface area (Å²) in [7, 11) is 0. The van der Waals surface area contributed by atoms with Gasteiger partial charge in [-0.15, -0.1) is 0 Å². The molecule has 0 unspecified atom stereocenters. The summed E-state index contributed by atoms with van der Waals surface area (Å²) in [5, 5.41) is 8.61. The predicted octanol–water partition coefficient (Wildman–Crippen LogP) is 4.30. The summed E-state index contributed by atoms with van der Waals surface area (Å²) in [4.78, 5) is 4.02. The van der Waals surface area contributed by atoms with Gasteiger partial charge in [-0.05, 0) is 49.8 Å². The van der Waals surface area contributed by atoms with Crippen molar-refractivity contribution in [2.24, 2.45) is 5.92 Å². The van der Waals surface area contributed by atoms with Gasteiger partial charge >= 0.3 is 0 Å². The molecule has 1 aliphatic rings. The molecule has 5 heteroatoms. The smallest absolute Gasteiger partial charge is 0.138 e. The van der Waals surface area contributed by atoms with Crippen molar-refractivity contribution in [1.82, 2.24) is 14.8 Å². The molecule has 1 heterocycles. The van der Waals surface area contributed by atoms with Gasteiger partial charge < -0.3 is 5.32 Å². The average molecular weight is 305 g/mol. The second-order valence-electron chi connectivity index (χ2n) is 5.77. The normalized spacial score (nSPS) is 22.2. The third-order valence-electron chi connectivity index (χ3n) is 4.41. The molecule has 1 saturated carbocycles. The largest absolute Gasteiger partial charge is 0.381 e. The first-order valence-corrected chi connectivity index (χ1v) is 8.05. The van der Waals surface area contributed by atoms with Crippen LogP contribution in [0.4, 0.5) is 5.69 Å². The standard InChI is InChI=1S/C16H21ClN4/c1-2-12-3-6-14(7-4-12)20-15-9-13(17)5-8-16(15)21-11-18-10-19-21/h5,8-12,14,20H,2-4,6-7H2,1H3. The van der Waals surface area contributed by atoms with E-state index in [1.54, 1.807) is 17.3 Å². The lowest BCUT2D eigenvalue weighted by Crippen LogP contribution is -2.26. The highest BCUT2D eigenvalue weighted by atomic mass is 35.5. The maximum atomic E-state index is 6.16. The first-order valence-electron chi connectivity index (χ1n) is 7.67. The van der Waals surface area contributed by atoms with Crippen molar-refractivity contribution in [3.8, 4) is 5.69 Å². The summed E-state index contributed by atoms with van der Waals surface area (Å²) in [6, 6.07) is 6.37. The molecule has 0 atom stereocenters. The van der Waals surface area contributed by atoms with Crippen molar-refractivity contribution in [1.29, 1.82) is 0 Å². The van der Waals surface area contributed by atoms with Crippen LogP contribution in [-0.2, 0) is 0 Å². The Bertz CT molecular complexity index is 574. The first-order chi connectivity index (χ1) is 10.3. The van der Waals surface area contributed by atoms with E-state index in [1.807, 2.05) is 18.2 Å². The molecule has 0 amide bonds. The van der Waals surface area contributed by atoms with Crippen LogP contribution in [0.15, 0.2) is 30.9 Å². The van der Waals surface area contributed by atoms with Crippen LogP contribution < -0.4 is 5.32 Å². The number of rotatable bonds is 4. The van der Waals surface area contributed by atoms with Gasteiger partial charge in [0.05, 0.1) is 11.4 Å². The van der Waals surface area contributed by atoms with E-state index in [4.69, 9.17) is 11.6 Å². The van der Waals surface area contributed by atoms with Gasteiger partial charge in [-0.3, -0.25) is 0 Å². The molecule has 0 radical (unpaired) electrons. The Balaban J connectivity index is 1.77. The summed E-state index contributed by atoms with van der Waals surface area (Å²) in [6.45, 7) is 2.29. The summed E-state index contributed by atoms with van der Waals surface area (Å²) in [5.74, 6) is 0.900. The van der Waals surface area contributed by atoms with Gasteiger partial charge in [0, 0.05) is 11.1 Å². The van der Waals surface area contributed by atoms with E-state index < -0.39 is 0 Å². The van der Waals surface area contributed by atoms with Crippen molar-refractivity contribution >= 4 is 17.3 Å². The van der Waals surface area contributed by atoms with Crippen LogP contribution in [0.25, 0.3) is 5.69 Å². The summed E-state index contributed by atoms with van der Waals surface area (Å²) in [5.41, 5.74) is 2.03. The number of halogens is 1. The number of aromatic nitrogens is 3. The van der Waals surface area contributed by atoms with Crippen molar-refractivity contribution in [2.45, 2.75) is 45.1 Å². The van der Waals surface area contributed by atoms with Crippen LogP contribution in [0.5, 0.6) is 0 Å². The maximum absolute atomic E-state index is 6.16. The monoisotopic (exact) mass is 304 g/mol. The molecule has 3 rings (SSSR count). The molecule has 1 aliphatic carbocycles. The van der Waals surface area contributed by atoms with E-state index >= 15 is 0 Å². The molecule has 2 aromatic rings. The Morgan fingerprint density at radius 2 is 2.10 bits per heavy atom. The molecule has 0 spiro atoms. The number of hydrogen-bond donors (Lipinski definition) is 1. The Hall–Kier alpha value is -1.55. The number of nitrogens with one attached hydrogen (secondary N) is 1. The van der Waals surface area contributed by atoms with Crippen molar-refractivity contribution < 1.29 is 0 Å². The lowest BCUT2D eigenvalue weighted by Gasteiger charge is -2.29. The average Bonchev–Trinajstić information content (AvgIpc) is 3.02. The highest BCUT2D eigenvalue weighted by Gasteiger charge is 2.20. The second kappa shape index (κ2) is 6.48. The minimum atomic E-state index is 0.522. The fourth-order valence-electron chi connectivity index (χ4n) is 3.09. The lowest BCUT2D eigenvalue weighted by atomic mass is 9.84. The Morgan fingerprint density at radius 3 is 2.76 bits per heavy atom. The van der Waals surface area contributed by atoms with Crippen LogP contribution in [0.2, 0.25) is 5.02 Å². The molecule has 0 aliphatic heterocycles. The molecule has 1 fully saturated rings. The van der Waals surface area contributed by atoms with Crippen molar-refractivity contribution in [3.63, 3.8) is 0 Å². The topological polar surface area (TPSA) is 42.7 Å². The van der Waals surface area contributed by atoms with Gasteiger partial charge in [0.1, 0.15) is 12.7 Å². The first kappa shape index (κ1) is 14.4. The Morgan fingerprint density at radius 1 is 1.29 bits per heavy atom. The minimum Gasteiger partial charge on any atom is -0.381 e. The summed E-state index contributed by atoms with van der Waals surface area (Å²) in [6.07, 6.45) is 9.63. The number of anilines is 1. The molecule has 1 N–H and O–H groups in total. The van der Waals surface area contributed by atoms with E-state index in [1.165, 1.54) is 32.1 Å². The van der Waals surface area contributed by atoms with E-state index in [2.05, 4.69) is 22.3 Å².